The number of piperidine rings is 1. The predicted molar refractivity (Wildman–Crippen MR) is 111 cm³/mol. The minimum Gasteiger partial charge on any atom is -0.464 e. The monoisotopic (exact) mass is 391 g/mol. The van der Waals surface area contributed by atoms with E-state index in [4.69, 9.17) is 4.42 Å². The first-order chi connectivity index (χ1) is 14.0. The summed E-state index contributed by atoms with van der Waals surface area (Å²) in [4.78, 5) is 30.9. The van der Waals surface area contributed by atoms with Gasteiger partial charge in [-0.25, -0.2) is 0 Å². The molecule has 0 spiro atoms. The lowest BCUT2D eigenvalue weighted by molar-refractivity contribution is -0.121. The van der Waals surface area contributed by atoms with Gasteiger partial charge < -0.3 is 14.6 Å². The van der Waals surface area contributed by atoms with Gasteiger partial charge in [-0.1, -0.05) is 12.1 Å². The minimum atomic E-state index is -0.00941. The fourth-order valence-electron chi connectivity index (χ4n) is 3.88. The fraction of sp³-hybridized carbons (Fsp3) is 0.348. The second kappa shape index (κ2) is 8.07. The number of rotatable bonds is 4. The molecule has 2 amide bonds. The maximum atomic E-state index is 12.6. The summed E-state index contributed by atoms with van der Waals surface area (Å²) in [5.74, 6) is 0.0116. The number of nitrogens with one attached hydrogen (secondary N) is 1. The van der Waals surface area contributed by atoms with E-state index in [1.165, 1.54) is 5.56 Å². The van der Waals surface area contributed by atoms with Crippen LogP contribution in [0.4, 0.5) is 0 Å². The molecule has 0 aliphatic carbocycles. The molecule has 29 heavy (non-hydrogen) atoms. The Balaban J connectivity index is 1.33. The highest BCUT2D eigenvalue weighted by Crippen LogP contribution is 2.27. The van der Waals surface area contributed by atoms with Crippen molar-refractivity contribution in [1.29, 1.82) is 0 Å². The van der Waals surface area contributed by atoms with Crippen LogP contribution in [0.15, 0.2) is 47.3 Å². The van der Waals surface area contributed by atoms with Crippen LogP contribution in [-0.4, -0.2) is 40.8 Å². The predicted octanol–water partition coefficient (Wildman–Crippen LogP) is 3.41. The van der Waals surface area contributed by atoms with Crippen LogP contribution in [0.1, 0.15) is 39.9 Å². The highest BCUT2D eigenvalue weighted by atomic mass is 16.3. The van der Waals surface area contributed by atoms with Gasteiger partial charge in [0, 0.05) is 48.0 Å². The van der Waals surface area contributed by atoms with Gasteiger partial charge in [0.05, 0.1) is 12.7 Å². The molecular weight excluding hydrogens is 366 g/mol. The van der Waals surface area contributed by atoms with Crippen LogP contribution in [0.5, 0.6) is 0 Å². The molecule has 1 aromatic carbocycles. The zero-order valence-corrected chi connectivity index (χ0v) is 16.8. The molecule has 4 rings (SSSR count). The number of benzene rings is 1. The van der Waals surface area contributed by atoms with Gasteiger partial charge in [-0.15, -0.1) is 0 Å². The third-order valence-corrected chi connectivity index (χ3v) is 5.77. The summed E-state index contributed by atoms with van der Waals surface area (Å²) in [7, 11) is 0. The molecule has 0 bridgehead atoms. The van der Waals surface area contributed by atoms with E-state index in [0.717, 1.165) is 34.9 Å². The maximum Gasteiger partial charge on any atom is 0.253 e. The van der Waals surface area contributed by atoms with Crippen LogP contribution in [0, 0.1) is 13.8 Å². The highest BCUT2D eigenvalue weighted by Gasteiger charge is 2.25. The van der Waals surface area contributed by atoms with Crippen molar-refractivity contribution in [3.63, 3.8) is 0 Å². The van der Waals surface area contributed by atoms with Gasteiger partial charge in [0.1, 0.15) is 5.58 Å². The molecule has 1 aliphatic heterocycles. The van der Waals surface area contributed by atoms with E-state index in [-0.39, 0.29) is 17.9 Å². The van der Waals surface area contributed by atoms with Crippen LogP contribution in [0.25, 0.3) is 11.0 Å². The Bertz CT molecular complexity index is 1030. The normalized spacial score (nSPS) is 14.9. The number of aryl methyl sites for hydroxylation is 2. The smallest absolute Gasteiger partial charge is 0.253 e. The number of hydrogen-bond donors (Lipinski definition) is 1. The highest BCUT2D eigenvalue weighted by molar-refractivity contribution is 5.94. The average molecular weight is 391 g/mol. The van der Waals surface area contributed by atoms with E-state index in [1.807, 2.05) is 17.9 Å². The Labute approximate surface area is 169 Å². The molecule has 6 nitrogen and oxygen atoms in total. The first-order valence-electron chi connectivity index (χ1n) is 9.98. The van der Waals surface area contributed by atoms with Crippen LogP contribution in [0.3, 0.4) is 0 Å². The molecule has 0 saturated carbocycles. The summed E-state index contributed by atoms with van der Waals surface area (Å²) in [6.45, 7) is 5.36. The molecule has 1 saturated heterocycles. The van der Waals surface area contributed by atoms with E-state index in [2.05, 4.69) is 23.3 Å². The molecule has 3 heterocycles. The summed E-state index contributed by atoms with van der Waals surface area (Å²) in [6, 6.07) is 7.63. The van der Waals surface area contributed by atoms with E-state index in [1.54, 1.807) is 30.8 Å². The number of fused-ring (bicyclic) bond motifs is 1. The molecule has 1 fully saturated rings. The number of nitrogens with zero attached hydrogens (tertiary/aromatic N) is 2. The number of carbonyl (C=O) groups excluding carboxylic acids is 2. The minimum absolute atomic E-state index is 0.00941. The summed E-state index contributed by atoms with van der Waals surface area (Å²) in [5, 5.41) is 4.12. The lowest BCUT2D eigenvalue weighted by atomic mass is 10.0. The number of carbonyl (C=O) groups is 2. The first kappa shape index (κ1) is 19.2. The molecule has 1 aliphatic rings. The second-order valence-electron chi connectivity index (χ2n) is 7.69. The molecule has 0 radical (unpaired) electrons. The largest absolute Gasteiger partial charge is 0.464 e. The SMILES string of the molecule is Cc1ccc2c(CC(=O)NC3CCN(C(=O)c4ccncc4)CC3)coc2c1C. The summed E-state index contributed by atoms with van der Waals surface area (Å²) < 4.78 is 5.71. The molecule has 6 heteroatoms. The Kier molecular flexibility index (Phi) is 5.34. The van der Waals surface area contributed by atoms with Crippen molar-refractivity contribution in [1.82, 2.24) is 15.2 Å². The van der Waals surface area contributed by atoms with Crippen molar-refractivity contribution in [2.24, 2.45) is 0 Å². The van der Waals surface area contributed by atoms with Crippen molar-refractivity contribution >= 4 is 22.8 Å². The van der Waals surface area contributed by atoms with E-state index >= 15 is 0 Å². The van der Waals surface area contributed by atoms with Gasteiger partial charge in [-0.3, -0.25) is 14.6 Å². The van der Waals surface area contributed by atoms with Gasteiger partial charge in [-0.05, 0) is 49.9 Å². The van der Waals surface area contributed by atoms with Crippen molar-refractivity contribution in [2.75, 3.05) is 13.1 Å². The van der Waals surface area contributed by atoms with Crippen LogP contribution in [0.2, 0.25) is 0 Å². The van der Waals surface area contributed by atoms with E-state index in [9.17, 15) is 9.59 Å². The summed E-state index contributed by atoms with van der Waals surface area (Å²) in [5.41, 5.74) is 4.71. The van der Waals surface area contributed by atoms with Crippen molar-refractivity contribution in [3.8, 4) is 0 Å². The second-order valence-corrected chi connectivity index (χ2v) is 7.69. The Morgan fingerprint density at radius 2 is 1.86 bits per heavy atom. The standard InChI is InChI=1S/C23H25N3O3/c1-15-3-4-20-18(14-29-22(20)16(15)2)13-21(27)25-19-7-11-26(12-8-19)23(28)17-5-9-24-10-6-17/h3-6,9-10,14,19H,7-8,11-13H2,1-2H3,(H,25,27). The van der Waals surface area contributed by atoms with Gasteiger partial charge in [0.15, 0.2) is 0 Å². The number of likely N-dealkylation sites (tertiary alicyclic amines) is 1. The Hall–Kier alpha value is -3.15. The zero-order chi connectivity index (χ0) is 20.4. The quantitative estimate of drug-likeness (QED) is 0.740. The Morgan fingerprint density at radius 3 is 2.59 bits per heavy atom. The van der Waals surface area contributed by atoms with Gasteiger partial charge >= 0.3 is 0 Å². The fourth-order valence-corrected chi connectivity index (χ4v) is 3.88. The van der Waals surface area contributed by atoms with Gasteiger partial charge in [-0.2, -0.15) is 0 Å². The topological polar surface area (TPSA) is 75.4 Å². The van der Waals surface area contributed by atoms with Crippen molar-refractivity contribution < 1.29 is 14.0 Å². The van der Waals surface area contributed by atoms with Crippen molar-refractivity contribution in [2.45, 2.75) is 39.2 Å². The van der Waals surface area contributed by atoms with E-state index < -0.39 is 0 Å². The van der Waals surface area contributed by atoms with Crippen LogP contribution in [-0.2, 0) is 11.2 Å². The third-order valence-electron chi connectivity index (χ3n) is 5.77. The average Bonchev–Trinajstić information content (AvgIpc) is 3.14. The Morgan fingerprint density at radius 1 is 1.14 bits per heavy atom. The number of hydrogen-bond acceptors (Lipinski definition) is 4. The van der Waals surface area contributed by atoms with Crippen LogP contribution >= 0.6 is 0 Å². The molecule has 1 N–H and O–H groups in total. The molecule has 150 valence electrons. The molecule has 3 aromatic rings. The molecule has 0 atom stereocenters. The number of pyridine rings is 1. The van der Waals surface area contributed by atoms with Crippen LogP contribution < -0.4 is 5.32 Å². The first-order valence-corrected chi connectivity index (χ1v) is 9.98. The van der Waals surface area contributed by atoms with Gasteiger partial charge in [0.2, 0.25) is 5.91 Å². The van der Waals surface area contributed by atoms with E-state index in [0.29, 0.717) is 25.1 Å². The summed E-state index contributed by atoms with van der Waals surface area (Å²) in [6.07, 6.45) is 6.75. The van der Waals surface area contributed by atoms with Gasteiger partial charge in [0.25, 0.3) is 5.91 Å². The third kappa shape index (κ3) is 4.01. The lowest BCUT2D eigenvalue weighted by Crippen LogP contribution is -2.46. The summed E-state index contributed by atoms with van der Waals surface area (Å²) >= 11 is 0. The molecule has 2 aromatic heterocycles. The number of aromatic nitrogens is 1. The molecule has 0 unspecified atom stereocenters. The zero-order valence-electron chi connectivity index (χ0n) is 16.8. The molecular formula is C23H25N3O3. The lowest BCUT2D eigenvalue weighted by Gasteiger charge is -2.32. The maximum absolute atomic E-state index is 12.6. The van der Waals surface area contributed by atoms with Crippen molar-refractivity contribution in [3.05, 3.63) is 65.2 Å². The number of furan rings is 1. The number of amides is 2.